The third-order valence-electron chi connectivity index (χ3n) is 3.72. The van der Waals surface area contributed by atoms with Crippen LogP contribution >= 0.6 is 11.6 Å². The van der Waals surface area contributed by atoms with Crippen molar-refractivity contribution < 1.29 is 22.7 Å². The summed E-state index contributed by atoms with van der Waals surface area (Å²) < 4.78 is 53.0. The quantitative estimate of drug-likeness (QED) is 0.604. The molecule has 10 heteroatoms. The topological polar surface area (TPSA) is 70.9 Å². The SMILES string of the molecule is OC(CNc1cc(C(F)(F)F)nc(-c2ccccn2)n1)c1ccc(Cl)c(F)c1. The maximum Gasteiger partial charge on any atom is 0.433 e. The van der Waals surface area contributed by atoms with Crippen molar-refractivity contribution in [2.75, 3.05) is 11.9 Å². The minimum absolute atomic E-state index is 0.102. The molecule has 1 atom stereocenters. The molecule has 0 aliphatic carbocycles. The number of aromatic nitrogens is 3. The van der Waals surface area contributed by atoms with Crippen molar-refractivity contribution in [2.24, 2.45) is 0 Å². The number of halogens is 5. The molecule has 3 rings (SSSR count). The Balaban J connectivity index is 1.85. The molecule has 146 valence electrons. The lowest BCUT2D eigenvalue weighted by atomic mass is 10.1. The fourth-order valence-corrected chi connectivity index (χ4v) is 2.45. The smallest absolute Gasteiger partial charge is 0.387 e. The summed E-state index contributed by atoms with van der Waals surface area (Å²) in [5, 5.41) is 12.7. The fraction of sp³-hybridized carbons (Fsp3) is 0.167. The molecule has 0 amide bonds. The number of aliphatic hydroxyl groups excluding tert-OH is 1. The monoisotopic (exact) mass is 412 g/mol. The maximum absolute atomic E-state index is 13.5. The first-order valence-electron chi connectivity index (χ1n) is 7.98. The molecule has 1 aromatic carbocycles. The Bertz CT molecular complexity index is 970. The van der Waals surface area contributed by atoms with Gasteiger partial charge in [-0.2, -0.15) is 13.2 Å². The van der Waals surface area contributed by atoms with Crippen molar-refractivity contribution in [3.8, 4) is 11.5 Å². The number of benzene rings is 1. The van der Waals surface area contributed by atoms with E-state index in [0.29, 0.717) is 0 Å². The molecule has 0 spiro atoms. The Morgan fingerprint density at radius 1 is 1.11 bits per heavy atom. The summed E-state index contributed by atoms with van der Waals surface area (Å²) >= 11 is 5.59. The van der Waals surface area contributed by atoms with Gasteiger partial charge in [0.15, 0.2) is 11.5 Å². The van der Waals surface area contributed by atoms with Crippen LogP contribution in [0, 0.1) is 5.82 Å². The second-order valence-electron chi connectivity index (χ2n) is 5.75. The van der Waals surface area contributed by atoms with Gasteiger partial charge in [0, 0.05) is 18.8 Å². The van der Waals surface area contributed by atoms with E-state index in [0.717, 1.165) is 12.1 Å². The Morgan fingerprint density at radius 3 is 2.54 bits per heavy atom. The third-order valence-corrected chi connectivity index (χ3v) is 4.02. The second kappa shape index (κ2) is 8.07. The van der Waals surface area contributed by atoms with Gasteiger partial charge in [-0.25, -0.2) is 14.4 Å². The zero-order valence-electron chi connectivity index (χ0n) is 14.1. The lowest BCUT2D eigenvalue weighted by Gasteiger charge is -2.15. The molecule has 0 saturated heterocycles. The van der Waals surface area contributed by atoms with E-state index in [2.05, 4.69) is 20.3 Å². The molecule has 2 heterocycles. The van der Waals surface area contributed by atoms with Crippen LogP contribution < -0.4 is 5.32 Å². The molecule has 3 aromatic rings. The van der Waals surface area contributed by atoms with Gasteiger partial charge in [0.05, 0.1) is 11.1 Å². The molecule has 0 fully saturated rings. The van der Waals surface area contributed by atoms with Crippen LogP contribution in [0.5, 0.6) is 0 Å². The van der Waals surface area contributed by atoms with Gasteiger partial charge in [-0.05, 0) is 29.8 Å². The van der Waals surface area contributed by atoms with Crippen molar-refractivity contribution in [3.05, 3.63) is 70.8 Å². The molecule has 28 heavy (non-hydrogen) atoms. The fourth-order valence-electron chi connectivity index (χ4n) is 2.33. The predicted octanol–water partition coefficient (Wildman–Crippen LogP) is 4.50. The Hall–Kier alpha value is -2.78. The summed E-state index contributed by atoms with van der Waals surface area (Å²) in [7, 11) is 0. The summed E-state index contributed by atoms with van der Waals surface area (Å²) in [6, 6.07) is 9.15. The second-order valence-corrected chi connectivity index (χ2v) is 6.15. The van der Waals surface area contributed by atoms with E-state index in [9.17, 15) is 22.7 Å². The summed E-state index contributed by atoms with van der Waals surface area (Å²) in [6.45, 7) is -0.211. The summed E-state index contributed by atoms with van der Waals surface area (Å²) in [4.78, 5) is 11.5. The van der Waals surface area contributed by atoms with Gasteiger partial charge in [0.25, 0.3) is 0 Å². The standard InChI is InChI=1S/C18H13ClF4N4O/c19-11-5-4-10(7-12(11)20)14(28)9-25-16-8-15(18(21,22)23)26-17(27-16)13-3-1-2-6-24-13/h1-8,14,28H,9H2,(H,25,26,27). The van der Waals surface area contributed by atoms with E-state index in [-0.39, 0.29) is 34.5 Å². The van der Waals surface area contributed by atoms with E-state index >= 15 is 0 Å². The molecular formula is C18H13ClF4N4O. The largest absolute Gasteiger partial charge is 0.433 e. The molecule has 0 radical (unpaired) electrons. The van der Waals surface area contributed by atoms with Gasteiger partial charge in [-0.1, -0.05) is 23.7 Å². The van der Waals surface area contributed by atoms with E-state index in [1.807, 2.05) is 0 Å². The lowest BCUT2D eigenvalue weighted by Crippen LogP contribution is -2.16. The highest BCUT2D eigenvalue weighted by atomic mass is 35.5. The zero-order valence-corrected chi connectivity index (χ0v) is 14.8. The first-order chi connectivity index (χ1) is 13.2. The lowest BCUT2D eigenvalue weighted by molar-refractivity contribution is -0.141. The van der Waals surface area contributed by atoms with Crippen molar-refractivity contribution in [1.82, 2.24) is 15.0 Å². The van der Waals surface area contributed by atoms with E-state index in [1.54, 1.807) is 12.1 Å². The normalized spacial score (nSPS) is 12.6. The molecule has 2 N–H and O–H groups in total. The Labute approximate surface area is 162 Å². The predicted molar refractivity (Wildman–Crippen MR) is 95.1 cm³/mol. The van der Waals surface area contributed by atoms with Crippen molar-refractivity contribution in [3.63, 3.8) is 0 Å². The number of aliphatic hydroxyl groups is 1. The number of pyridine rings is 1. The van der Waals surface area contributed by atoms with Crippen LogP contribution in [0.1, 0.15) is 17.4 Å². The van der Waals surface area contributed by atoms with Gasteiger partial charge in [0.2, 0.25) is 0 Å². The van der Waals surface area contributed by atoms with E-state index in [1.165, 1.54) is 24.4 Å². The van der Waals surface area contributed by atoms with Crippen molar-refractivity contribution in [2.45, 2.75) is 12.3 Å². The average Bonchev–Trinajstić information content (AvgIpc) is 2.68. The number of anilines is 1. The molecule has 0 aliphatic heterocycles. The number of hydrogen-bond acceptors (Lipinski definition) is 5. The maximum atomic E-state index is 13.5. The van der Waals surface area contributed by atoms with Gasteiger partial charge in [0.1, 0.15) is 17.3 Å². The van der Waals surface area contributed by atoms with Crippen molar-refractivity contribution in [1.29, 1.82) is 0 Å². The van der Waals surface area contributed by atoms with Gasteiger partial charge in [-0.15, -0.1) is 0 Å². The van der Waals surface area contributed by atoms with Gasteiger partial charge in [-0.3, -0.25) is 4.98 Å². The van der Waals surface area contributed by atoms with Crippen LogP contribution in [-0.2, 0) is 6.18 Å². The Morgan fingerprint density at radius 2 is 1.89 bits per heavy atom. The van der Waals surface area contributed by atoms with Crippen LogP contribution in [0.4, 0.5) is 23.4 Å². The van der Waals surface area contributed by atoms with E-state index in [4.69, 9.17) is 11.6 Å². The number of nitrogens with zero attached hydrogens (tertiary/aromatic N) is 3. The summed E-state index contributed by atoms with van der Waals surface area (Å²) in [5.41, 5.74) is -0.779. The number of hydrogen-bond donors (Lipinski definition) is 2. The molecule has 0 bridgehead atoms. The average molecular weight is 413 g/mol. The highest BCUT2D eigenvalue weighted by Gasteiger charge is 2.34. The number of alkyl halides is 3. The Kier molecular flexibility index (Phi) is 5.76. The molecule has 2 aromatic heterocycles. The molecule has 0 saturated carbocycles. The minimum Gasteiger partial charge on any atom is -0.387 e. The van der Waals surface area contributed by atoms with Crippen LogP contribution in [0.3, 0.4) is 0 Å². The molecule has 5 nitrogen and oxygen atoms in total. The number of rotatable bonds is 5. The van der Waals surface area contributed by atoms with Crippen LogP contribution in [0.25, 0.3) is 11.5 Å². The van der Waals surface area contributed by atoms with Gasteiger partial charge < -0.3 is 10.4 Å². The molecule has 1 unspecified atom stereocenters. The third kappa shape index (κ3) is 4.73. The number of nitrogens with one attached hydrogen (secondary N) is 1. The van der Waals surface area contributed by atoms with Crippen LogP contribution in [0.2, 0.25) is 5.02 Å². The summed E-state index contributed by atoms with van der Waals surface area (Å²) in [5.74, 6) is -1.08. The first-order valence-corrected chi connectivity index (χ1v) is 8.36. The first kappa shape index (κ1) is 20.0. The van der Waals surface area contributed by atoms with Crippen molar-refractivity contribution >= 4 is 17.4 Å². The highest BCUT2D eigenvalue weighted by Crippen LogP contribution is 2.30. The molecule has 0 aliphatic rings. The zero-order chi connectivity index (χ0) is 20.3. The highest BCUT2D eigenvalue weighted by molar-refractivity contribution is 6.30. The minimum atomic E-state index is -4.69. The summed E-state index contributed by atoms with van der Waals surface area (Å²) in [6.07, 6.45) is -4.49. The van der Waals surface area contributed by atoms with Crippen LogP contribution in [0.15, 0.2) is 48.7 Å². The van der Waals surface area contributed by atoms with Crippen LogP contribution in [-0.4, -0.2) is 26.6 Å². The van der Waals surface area contributed by atoms with Gasteiger partial charge >= 0.3 is 6.18 Å². The molecular weight excluding hydrogens is 400 g/mol. The van der Waals surface area contributed by atoms with E-state index < -0.39 is 23.8 Å².